The Labute approximate surface area is 157 Å². The normalized spacial score (nSPS) is 14.3. The lowest BCUT2D eigenvalue weighted by Crippen LogP contribution is -2.36. The van der Waals surface area contributed by atoms with Gasteiger partial charge in [-0.05, 0) is 28.5 Å². The number of aromatic carboxylic acids is 1. The minimum Gasteiger partial charge on any atom is -0.488 e. The van der Waals surface area contributed by atoms with Gasteiger partial charge in [0.1, 0.15) is 17.9 Å². The predicted octanol–water partition coefficient (Wildman–Crippen LogP) is 3.95. The van der Waals surface area contributed by atoms with E-state index in [4.69, 9.17) is 9.47 Å². The number of rotatable bonds is 5. The smallest absolute Gasteiger partial charge is 0.339 e. The molecular weight excluding hydrogens is 342 g/mol. The van der Waals surface area contributed by atoms with Crippen molar-refractivity contribution < 1.29 is 19.4 Å². The van der Waals surface area contributed by atoms with Crippen LogP contribution in [0.4, 0.5) is 5.69 Å². The molecule has 0 amide bonds. The van der Waals surface area contributed by atoms with Crippen LogP contribution in [0.1, 0.15) is 15.9 Å². The van der Waals surface area contributed by atoms with Crippen molar-refractivity contribution in [3.63, 3.8) is 0 Å². The Bertz CT molecular complexity index is 958. The summed E-state index contributed by atoms with van der Waals surface area (Å²) in [5, 5.41) is 11.8. The highest BCUT2D eigenvalue weighted by atomic mass is 16.5. The fourth-order valence-electron chi connectivity index (χ4n) is 3.40. The summed E-state index contributed by atoms with van der Waals surface area (Å²) in [6.45, 7) is 3.23. The van der Waals surface area contributed by atoms with Crippen molar-refractivity contribution in [2.45, 2.75) is 6.61 Å². The molecule has 4 rings (SSSR count). The summed E-state index contributed by atoms with van der Waals surface area (Å²) in [5.74, 6) is -0.601. The van der Waals surface area contributed by atoms with E-state index in [0.29, 0.717) is 25.6 Å². The zero-order valence-corrected chi connectivity index (χ0v) is 14.9. The first-order chi connectivity index (χ1) is 13.2. The zero-order valence-electron chi connectivity index (χ0n) is 14.9. The summed E-state index contributed by atoms with van der Waals surface area (Å²) in [6.07, 6.45) is 0. The van der Waals surface area contributed by atoms with Crippen LogP contribution in [-0.4, -0.2) is 37.4 Å². The van der Waals surface area contributed by atoms with E-state index in [2.05, 4.69) is 23.1 Å². The van der Waals surface area contributed by atoms with E-state index in [1.807, 2.05) is 36.4 Å². The molecule has 1 aliphatic rings. The standard InChI is InChI=1S/C22H21NO4/c24-22(25)20-9-8-18(23-10-12-26-13-11-23)14-21(20)27-15-17-6-3-5-16-4-1-2-7-19(16)17/h1-9,14H,10-13,15H2,(H,24,25). The molecule has 3 aromatic rings. The average Bonchev–Trinajstić information content (AvgIpc) is 2.72. The maximum atomic E-state index is 11.6. The number of nitrogens with zero attached hydrogens (tertiary/aromatic N) is 1. The Morgan fingerprint density at radius 1 is 1.04 bits per heavy atom. The van der Waals surface area contributed by atoms with Crippen molar-refractivity contribution in [2.24, 2.45) is 0 Å². The zero-order chi connectivity index (χ0) is 18.6. The van der Waals surface area contributed by atoms with Crippen LogP contribution in [-0.2, 0) is 11.3 Å². The summed E-state index contributed by atoms with van der Waals surface area (Å²) in [4.78, 5) is 13.8. The summed E-state index contributed by atoms with van der Waals surface area (Å²) >= 11 is 0. The number of fused-ring (bicyclic) bond motifs is 1. The van der Waals surface area contributed by atoms with Gasteiger partial charge in [0, 0.05) is 24.8 Å². The molecule has 1 N–H and O–H groups in total. The lowest BCUT2D eigenvalue weighted by molar-refractivity contribution is 0.0691. The Morgan fingerprint density at radius 2 is 1.81 bits per heavy atom. The van der Waals surface area contributed by atoms with E-state index in [9.17, 15) is 9.90 Å². The summed E-state index contributed by atoms with van der Waals surface area (Å²) in [5.41, 5.74) is 2.16. The quantitative estimate of drug-likeness (QED) is 0.744. The number of carboxylic acid groups (broad SMARTS) is 1. The number of carboxylic acids is 1. The molecule has 138 valence electrons. The van der Waals surface area contributed by atoms with Crippen molar-refractivity contribution in [3.8, 4) is 5.75 Å². The second-order valence-corrected chi connectivity index (χ2v) is 6.51. The minimum absolute atomic E-state index is 0.173. The number of hydrogen-bond donors (Lipinski definition) is 1. The Balaban J connectivity index is 1.62. The monoisotopic (exact) mass is 363 g/mol. The van der Waals surface area contributed by atoms with Gasteiger partial charge in [0.2, 0.25) is 0 Å². The van der Waals surface area contributed by atoms with Crippen LogP contribution in [0.15, 0.2) is 60.7 Å². The number of hydrogen-bond acceptors (Lipinski definition) is 4. The first-order valence-corrected chi connectivity index (χ1v) is 9.02. The molecule has 5 heteroatoms. The SMILES string of the molecule is O=C(O)c1ccc(N2CCOCC2)cc1OCc1cccc2ccccc12. The largest absolute Gasteiger partial charge is 0.488 e. The van der Waals surface area contributed by atoms with E-state index in [1.54, 1.807) is 6.07 Å². The number of ether oxygens (including phenoxy) is 2. The lowest BCUT2D eigenvalue weighted by atomic mass is 10.1. The van der Waals surface area contributed by atoms with Gasteiger partial charge in [-0.3, -0.25) is 0 Å². The Morgan fingerprint density at radius 3 is 2.63 bits per heavy atom. The lowest BCUT2D eigenvalue weighted by Gasteiger charge is -2.29. The van der Waals surface area contributed by atoms with Gasteiger partial charge >= 0.3 is 5.97 Å². The molecule has 5 nitrogen and oxygen atoms in total. The molecule has 0 saturated carbocycles. The van der Waals surface area contributed by atoms with Crippen molar-refractivity contribution >= 4 is 22.4 Å². The first kappa shape index (κ1) is 17.4. The fourth-order valence-corrected chi connectivity index (χ4v) is 3.40. The summed E-state index contributed by atoms with van der Waals surface area (Å²) < 4.78 is 11.4. The van der Waals surface area contributed by atoms with Gasteiger partial charge in [-0.2, -0.15) is 0 Å². The second kappa shape index (κ2) is 7.68. The second-order valence-electron chi connectivity index (χ2n) is 6.51. The van der Waals surface area contributed by atoms with Crippen LogP contribution in [0.3, 0.4) is 0 Å². The third kappa shape index (κ3) is 3.73. The molecule has 0 atom stereocenters. The Hall–Kier alpha value is -3.05. The van der Waals surface area contributed by atoms with Crippen LogP contribution >= 0.6 is 0 Å². The molecule has 1 aliphatic heterocycles. The molecule has 0 aromatic heterocycles. The summed E-state index contributed by atoms with van der Waals surface area (Å²) in [7, 11) is 0. The first-order valence-electron chi connectivity index (χ1n) is 9.02. The van der Waals surface area contributed by atoms with Gasteiger partial charge in [0.05, 0.1) is 13.2 Å². The van der Waals surface area contributed by atoms with Crippen molar-refractivity contribution in [1.29, 1.82) is 0 Å². The van der Waals surface area contributed by atoms with E-state index in [-0.39, 0.29) is 5.56 Å². The summed E-state index contributed by atoms with van der Waals surface area (Å²) in [6, 6.07) is 19.4. The molecule has 27 heavy (non-hydrogen) atoms. The van der Waals surface area contributed by atoms with E-state index in [0.717, 1.165) is 35.1 Å². The van der Waals surface area contributed by atoms with E-state index in [1.165, 1.54) is 0 Å². The third-order valence-electron chi connectivity index (χ3n) is 4.83. The minimum atomic E-state index is -0.989. The number of morpholine rings is 1. The number of benzene rings is 3. The van der Waals surface area contributed by atoms with Crippen LogP contribution in [0.2, 0.25) is 0 Å². The van der Waals surface area contributed by atoms with Gasteiger partial charge in [-0.1, -0.05) is 42.5 Å². The van der Waals surface area contributed by atoms with Crippen molar-refractivity contribution in [1.82, 2.24) is 0 Å². The molecule has 0 spiro atoms. The van der Waals surface area contributed by atoms with Gasteiger partial charge < -0.3 is 19.5 Å². The third-order valence-corrected chi connectivity index (χ3v) is 4.83. The molecular formula is C22H21NO4. The topological polar surface area (TPSA) is 59.0 Å². The Kier molecular flexibility index (Phi) is 4.94. The van der Waals surface area contributed by atoms with Crippen LogP contribution in [0, 0.1) is 0 Å². The molecule has 0 unspecified atom stereocenters. The molecule has 0 aliphatic carbocycles. The van der Waals surface area contributed by atoms with Crippen molar-refractivity contribution in [3.05, 3.63) is 71.8 Å². The molecule has 0 bridgehead atoms. The maximum absolute atomic E-state index is 11.6. The van der Waals surface area contributed by atoms with E-state index < -0.39 is 5.97 Å². The molecule has 1 fully saturated rings. The number of anilines is 1. The van der Waals surface area contributed by atoms with Crippen molar-refractivity contribution in [2.75, 3.05) is 31.2 Å². The van der Waals surface area contributed by atoms with Gasteiger partial charge in [0.25, 0.3) is 0 Å². The van der Waals surface area contributed by atoms with E-state index >= 15 is 0 Å². The maximum Gasteiger partial charge on any atom is 0.339 e. The van der Waals surface area contributed by atoms with Crippen LogP contribution in [0.5, 0.6) is 5.75 Å². The molecule has 0 radical (unpaired) electrons. The van der Waals surface area contributed by atoms with Crippen LogP contribution in [0.25, 0.3) is 10.8 Å². The molecule has 1 saturated heterocycles. The van der Waals surface area contributed by atoms with Crippen LogP contribution < -0.4 is 9.64 Å². The van der Waals surface area contributed by atoms with Gasteiger partial charge in [0.15, 0.2) is 0 Å². The highest BCUT2D eigenvalue weighted by Gasteiger charge is 2.17. The highest BCUT2D eigenvalue weighted by molar-refractivity contribution is 5.91. The predicted molar refractivity (Wildman–Crippen MR) is 105 cm³/mol. The number of carbonyl (C=O) groups is 1. The van der Waals surface area contributed by atoms with Gasteiger partial charge in [-0.15, -0.1) is 0 Å². The average molecular weight is 363 g/mol. The highest BCUT2D eigenvalue weighted by Crippen LogP contribution is 2.28. The fraction of sp³-hybridized carbons (Fsp3) is 0.227. The molecule has 1 heterocycles. The van der Waals surface area contributed by atoms with Gasteiger partial charge in [-0.25, -0.2) is 4.79 Å². The molecule has 3 aromatic carbocycles.